The Labute approximate surface area is 143 Å². The lowest BCUT2D eigenvalue weighted by molar-refractivity contribution is -0.113. The molecule has 0 aliphatic carbocycles. The highest BCUT2D eigenvalue weighted by atomic mass is 32.2. The fraction of sp³-hybridized carbons (Fsp3) is 0.0588. The van der Waals surface area contributed by atoms with Crippen LogP contribution in [-0.2, 0) is 4.79 Å². The number of hydrogen-bond donors (Lipinski definition) is 1. The number of phenols is 1. The minimum absolute atomic E-state index is 0.0503. The number of carbonyl (C=O) groups excluding carboxylic acids is 1. The van der Waals surface area contributed by atoms with Crippen LogP contribution in [0.1, 0.15) is 5.56 Å². The number of para-hydroxylation sites is 1. The Hall–Kier alpha value is -2.31. The summed E-state index contributed by atoms with van der Waals surface area (Å²) in [7, 11) is 1.53. The molecule has 4 nitrogen and oxygen atoms in total. The highest BCUT2D eigenvalue weighted by molar-refractivity contribution is 8.27. The third kappa shape index (κ3) is 3.09. The number of methoxy groups -OCH3 is 1. The topological polar surface area (TPSA) is 49.8 Å². The van der Waals surface area contributed by atoms with Crippen LogP contribution in [0, 0.1) is 0 Å². The Bertz CT molecular complexity index is 803. The van der Waals surface area contributed by atoms with Crippen molar-refractivity contribution < 1.29 is 14.6 Å². The molecule has 1 fully saturated rings. The van der Waals surface area contributed by atoms with E-state index in [9.17, 15) is 9.90 Å². The molecule has 1 aliphatic heterocycles. The van der Waals surface area contributed by atoms with Crippen molar-refractivity contribution in [2.24, 2.45) is 0 Å². The summed E-state index contributed by atoms with van der Waals surface area (Å²) < 4.78 is 5.52. The van der Waals surface area contributed by atoms with Crippen molar-refractivity contribution in [3.05, 3.63) is 59.0 Å². The molecule has 23 heavy (non-hydrogen) atoms. The Kier molecular flexibility index (Phi) is 4.36. The number of phenolic OH excluding ortho intramolecular Hbond substituents is 1. The van der Waals surface area contributed by atoms with E-state index in [1.807, 2.05) is 30.3 Å². The molecular weight excluding hydrogens is 330 g/mol. The van der Waals surface area contributed by atoms with E-state index in [2.05, 4.69) is 0 Å². The van der Waals surface area contributed by atoms with Gasteiger partial charge in [0.2, 0.25) is 0 Å². The average Bonchev–Trinajstić information content (AvgIpc) is 2.84. The van der Waals surface area contributed by atoms with Gasteiger partial charge in [0.15, 0.2) is 4.32 Å². The lowest BCUT2D eigenvalue weighted by atomic mass is 10.1. The van der Waals surface area contributed by atoms with Crippen LogP contribution in [0.25, 0.3) is 6.08 Å². The third-order valence-corrected chi connectivity index (χ3v) is 4.63. The number of rotatable bonds is 3. The molecule has 0 unspecified atom stereocenters. The fourth-order valence-corrected chi connectivity index (χ4v) is 3.47. The molecule has 1 saturated heterocycles. The van der Waals surface area contributed by atoms with E-state index in [0.717, 1.165) is 5.69 Å². The molecule has 0 spiro atoms. The predicted octanol–water partition coefficient (Wildman–Crippen LogP) is 3.81. The molecular formula is C17H13NO3S2. The van der Waals surface area contributed by atoms with E-state index in [1.165, 1.54) is 29.8 Å². The van der Waals surface area contributed by atoms with Crippen molar-refractivity contribution in [1.82, 2.24) is 0 Å². The van der Waals surface area contributed by atoms with E-state index in [0.29, 0.717) is 20.5 Å². The molecule has 1 amide bonds. The molecule has 1 aliphatic rings. The Morgan fingerprint density at radius 3 is 2.61 bits per heavy atom. The van der Waals surface area contributed by atoms with E-state index in [-0.39, 0.29) is 11.7 Å². The maximum atomic E-state index is 12.6. The van der Waals surface area contributed by atoms with E-state index >= 15 is 0 Å². The largest absolute Gasteiger partial charge is 0.507 e. The first-order valence-corrected chi connectivity index (χ1v) is 8.02. The molecule has 0 aromatic heterocycles. The second-order valence-electron chi connectivity index (χ2n) is 4.78. The van der Waals surface area contributed by atoms with Crippen LogP contribution in [0.2, 0.25) is 0 Å². The summed E-state index contributed by atoms with van der Waals surface area (Å²) >= 11 is 6.53. The molecule has 0 bridgehead atoms. The number of amides is 1. The van der Waals surface area contributed by atoms with Crippen molar-refractivity contribution in [2.75, 3.05) is 12.0 Å². The molecule has 1 heterocycles. The Morgan fingerprint density at radius 2 is 1.96 bits per heavy atom. The second-order valence-corrected chi connectivity index (χ2v) is 6.45. The number of thiocarbonyl (C=S) groups is 1. The third-order valence-electron chi connectivity index (χ3n) is 3.33. The second kappa shape index (κ2) is 6.44. The summed E-state index contributed by atoms with van der Waals surface area (Å²) in [6.45, 7) is 0. The molecule has 2 aromatic carbocycles. The van der Waals surface area contributed by atoms with Crippen LogP contribution in [0.3, 0.4) is 0 Å². The van der Waals surface area contributed by atoms with Gasteiger partial charge in [0.1, 0.15) is 11.5 Å². The SMILES string of the molecule is COc1ccc(/C=C2/SC(=S)N(c3ccccc3)C2=O)c(O)c1. The number of carbonyl (C=O) groups is 1. The lowest BCUT2D eigenvalue weighted by Gasteiger charge is -2.13. The quantitative estimate of drug-likeness (QED) is 0.678. The van der Waals surface area contributed by atoms with E-state index in [1.54, 1.807) is 18.2 Å². The lowest BCUT2D eigenvalue weighted by Crippen LogP contribution is -2.27. The molecule has 6 heteroatoms. The maximum Gasteiger partial charge on any atom is 0.270 e. The molecule has 2 aromatic rings. The number of anilines is 1. The summed E-state index contributed by atoms with van der Waals surface area (Å²) in [5.41, 5.74) is 1.27. The van der Waals surface area contributed by atoms with Crippen molar-refractivity contribution in [2.45, 2.75) is 0 Å². The maximum absolute atomic E-state index is 12.6. The van der Waals surface area contributed by atoms with Gasteiger partial charge in [0, 0.05) is 11.6 Å². The first-order valence-electron chi connectivity index (χ1n) is 6.80. The van der Waals surface area contributed by atoms with Crippen molar-refractivity contribution in [3.8, 4) is 11.5 Å². The number of hydrogen-bond acceptors (Lipinski definition) is 5. The first-order chi connectivity index (χ1) is 11.1. The average molecular weight is 343 g/mol. The van der Waals surface area contributed by atoms with Gasteiger partial charge in [-0.1, -0.05) is 42.2 Å². The van der Waals surface area contributed by atoms with Gasteiger partial charge in [-0.15, -0.1) is 0 Å². The van der Waals surface area contributed by atoms with E-state index < -0.39 is 0 Å². The smallest absolute Gasteiger partial charge is 0.270 e. The standard InChI is InChI=1S/C17H13NO3S2/c1-21-13-8-7-11(14(19)10-13)9-15-16(20)18(17(22)23-15)12-5-3-2-4-6-12/h2-10,19H,1H3/b15-9+. The zero-order valence-corrected chi connectivity index (χ0v) is 13.9. The molecule has 116 valence electrons. The van der Waals surface area contributed by atoms with Gasteiger partial charge in [-0.2, -0.15) is 0 Å². The first kappa shape index (κ1) is 15.6. The van der Waals surface area contributed by atoms with Gasteiger partial charge in [-0.25, -0.2) is 0 Å². The monoisotopic (exact) mass is 343 g/mol. The van der Waals surface area contributed by atoms with Crippen LogP contribution in [0.5, 0.6) is 11.5 Å². The zero-order chi connectivity index (χ0) is 16.4. The summed E-state index contributed by atoms with van der Waals surface area (Å²) in [5.74, 6) is 0.409. The normalized spacial score (nSPS) is 16.2. The van der Waals surface area contributed by atoms with Crippen LogP contribution in [0.15, 0.2) is 53.4 Å². The molecule has 0 saturated carbocycles. The summed E-state index contributed by atoms with van der Waals surface area (Å²) in [5, 5.41) is 10.0. The fourth-order valence-electron chi connectivity index (χ4n) is 2.18. The van der Waals surface area contributed by atoms with Gasteiger partial charge in [-0.3, -0.25) is 9.69 Å². The minimum Gasteiger partial charge on any atom is -0.507 e. The zero-order valence-electron chi connectivity index (χ0n) is 12.2. The van der Waals surface area contributed by atoms with Crippen molar-refractivity contribution in [3.63, 3.8) is 0 Å². The van der Waals surface area contributed by atoms with Gasteiger partial charge in [0.05, 0.1) is 17.7 Å². The number of aromatic hydroxyl groups is 1. The Balaban J connectivity index is 1.93. The number of benzene rings is 2. The van der Waals surface area contributed by atoms with Gasteiger partial charge in [-0.05, 0) is 30.3 Å². The van der Waals surface area contributed by atoms with Crippen molar-refractivity contribution >= 4 is 46.0 Å². The molecule has 0 radical (unpaired) electrons. The van der Waals surface area contributed by atoms with Crippen LogP contribution in [-0.4, -0.2) is 22.4 Å². The molecule has 1 N–H and O–H groups in total. The summed E-state index contributed by atoms with van der Waals surface area (Å²) in [4.78, 5) is 14.6. The van der Waals surface area contributed by atoms with Crippen LogP contribution >= 0.6 is 24.0 Å². The van der Waals surface area contributed by atoms with Gasteiger partial charge >= 0.3 is 0 Å². The van der Waals surface area contributed by atoms with Crippen LogP contribution in [0.4, 0.5) is 5.69 Å². The van der Waals surface area contributed by atoms with Gasteiger partial charge < -0.3 is 9.84 Å². The molecule has 3 rings (SSSR count). The highest BCUT2D eigenvalue weighted by Crippen LogP contribution is 2.37. The Morgan fingerprint density at radius 1 is 1.22 bits per heavy atom. The number of thioether (sulfide) groups is 1. The summed E-state index contributed by atoms with van der Waals surface area (Å²) in [6.07, 6.45) is 1.64. The minimum atomic E-state index is -0.193. The predicted molar refractivity (Wildman–Crippen MR) is 96.8 cm³/mol. The highest BCUT2D eigenvalue weighted by Gasteiger charge is 2.33. The van der Waals surface area contributed by atoms with Crippen molar-refractivity contribution in [1.29, 1.82) is 0 Å². The number of nitrogens with zero attached hydrogens (tertiary/aromatic N) is 1. The number of ether oxygens (including phenoxy) is 1. The summed E-state index contributed by atoms with van der Waals surface area (Å²) in [6, 6.07) is 14.2. The van der Waals surface area contributed by atoms with Crippen LogP contribution < -0.4 is 9.64 Å². The molecule has 0 atom stereocenters. The van der Waals surface area contributed by atoms with E-state index in [4.69, 9.17) is 17.0 Å². The van der Waals surface area contributed by atoms with Gasteiger partial charge in [0.25, 0.3) is 5.91 Å².